The lowest BCUT2D eigenvalue weighted by atomic mass is 10.2. The third kappa shape index (κ3) is 2.83. The van der Waals surface area contributed by atoms with Crippen molar-refractivity contribution in [3.8, 4) is 11.6 Å². The second-order valence-electron chi connectivity index (χ2n) is 3.40. The minimum Gasteiger partial charge on any atom is -0.437 e. The molecule has 0 aliphatic carbocycles. The molecule has 0 radical (unpaired) electrons. The van der Waals surface area contributed by atoms with E-state index in [1.807, 2.05) is 13.0 Å². The second kappa shape index (κ2) is 4.99. The Hall–Kier alpha value is -1.85. The fraction of sp³-hybridized carbons (Fsp3) is 0.0909. The molecule has 0 fully saturated rings. The number of hydrogen-bond acceptors (Lipinski definition) is 5. The maximum atomic E-state index is 5.89. The van der Waals surface area contributed by atoms with Crippen LogP contribution in [0.1, 0.15) is 5.56 Å². The molecule has 0 saturated carbocycles. The fourth-order valence-electron chi connectivity index (χ4n) is 1.26. The van der Waals surface area contributed by atoms with Gasteiger partial charge in [0.2, 0.25) is 5.88 Å². The van der Waals surface area contributed by atoms with E-state index in [0.717, 1.165) is 5.56 Å². The van der Waals surface area contributed by atoms with Gasteiger partial charge in [-0.1, -0.05) is 17.7 Å². The molecule has 0 aliphatic rings. The molecule has 1 aromatic carbocycles. The zero-order valence-electron chi connectivity index (χ0n) is 9.14. The lowest BCUT2D eigenvalue weighted by Crippen LogP contribution is -2.09. The Bertz CT molecular complexity index is 533. The standard InChI is InChI=1S/C11H11ClN4O/c1-7-2-3-8(12)4-9(7)17-11-6-14-5-10(15-11)16-13/h2-6H,13H2,1H3,(H,15,16). The van der Waals surface area contributed by atoms with Crippen molar-refractivity contribution in [2.75, 3.05) is 5.43 Å². The number of hydrazine groups is 1. The largest absolute Gasteiger partial charge is 0.437 e. The number of nitrogens with zero attached hydrogens (tertiary/aromatic N) is 2. The van der Waals surface area contributed by atoms with Crippen LogP contribution in [0.2, 0.25) is 5.02 Å². The van der Waals surface area contributed by atoms with Crippen LogP contribution in [0, 0.1) is 6.92 Å². The topological polar surface area (TPSA) is 73.1 Å². The minimum absolute atomic E-state index is 0.353. The SMILES string of the molecule is Cc1ccc(Cl)cc1Oc1cncc(NN)n1. The summed E-state index contributed by atoms with van der Waals surface area (Å²) in [6, 6.07) is 5.39. The molecule has 6 heteroatoms. The van der Waals surface area contributed by atoms with Crippen molar-refractivity contribution in [3.05, 3.63) is 41.2 Å². The Morgan fingerprint density at radius 2 is 2.18 bits per heavy atom. The minimum atomic E-state index is 0.353. The van der Waals surface area contributed by atoms with Gasteiger partial charge in [-0.3, -0.25) is 4.98 Å². The summed E-state index contributed by atoms with van der Waals surface area (Å²) in [4.78, 5) is 8.03. The van der Waals surface area contributed by atoms with Gasteiger partial charge in [-0.05, 0) is 24.6 Å². The van der Waals surface area contributed by atoms with Crippen molar-refractivity contribution >= 4 is 17.4 Å². The van der Waals surface area contributed by atoms with Crippen LogP contribution in [-0.2, 0) is 0 Å². The van der Waals surface area contributed by atoms with E-state index < -0.39 is 0 Å². The van der Waals surface area contributed by atoms with Crippen molar-refractivity contribution in [3.63, 3.8) is 0 Å². The van der Waals surface area contributed by atoms with Crippen LogP contribution in [0.3, 0.4) is 0 Å². The molecule has 2 rings (SSSR count). The lowest BCUT2D eigenvalue weighted by molar-refractivity contribution is 0.457. The number of rotatable bonds is 3. The fourth-order valence-corrected chi connectivity index (χ4v) is 1.43. The van der Waals surface area contributed by atoms with Gasteiger partial charge in [0.15, 0.2) is 5.82 Å². The number of benzene rings is 1. The van der Waals surface area contributed by atoms with Crippen LogP contribution in [0.5, 0.6) is 11.6 Å². The molecule has 2 aromatic rings. The van der Waals surface area contributed by atoms with E-state index in [0.29, 0.717) is 22.5 Å². The summed E-state index contributed by atoms with van der Waals surface area (Å²) < 4.78 is 5.58. The molecule has 17 heavy (non-hydrogen) atoms. The number of halogens is 1. The number of aryl methyl sites for hydroxylation is 1. The van der Waals surface area contributed by atoms with E-state index in [4.69, 9.17) is 22.2 Å². The van der Waals surface area contributed by atoms with E-state index in [9.17, 15) is 0 Å². The van der Waals surface area contributed by atoms with Gasteiger partial charge in [-0.15, -0.1) is 0 Å². The van der Waals surface area contributed by atoms with Crippen LogP contribution in [0.25, 0.3) is 0 Å². The highest BCUT2D eigenvalue weighted by Crippen LogP contribution is 2.26. The molecule has 5 nitrogen and oxygen atoms in total. The van der Waals surface area contributed by atoms with Crippen molar-refractivity contribution in [1.29, 1.82) is 0 Å². The molecule has 0 amide bonds. The highest BCUT2D eigenvalue weighted by Gasteiger charge is 2.04. The van der Waals surface area contributed by atoms with E-state index in [1.165, 1.54) is 12.4 Å². The average molecular weight is 251 g/mol. The lowest BCUT2D eigenvalue weighted by Gasteiger charge is -2.08. The molecule has 0 spiro atoms. The summed E-state index contributed by atoms with van der Waals surface area (Å²) in [5.41, 5.74) is 3.36. The maximum absolute atomic E-state index is 5.89. The number of aromatic nitrogens is 2. The first-order valence-corrected chi connectivity index (χ1v) is 5.29. The van der Waals surface area contributed by atoms with Crippen LogP contribution in [0.15, 0.2) is 30.6 Å². The first-order chi connectivity index (χ1) is 8.19. The zero-order chi connectivity index (χ0) is 12.3. The number of hydrogen-bond donors (Lipinski definition) is 2. The highest BCUT2D eigenvalue weighted by atomic mass is 35.5. The summed E-state index contributed by atoms with van der Waals surface area (Å²) in [6.45, 7) is 1.92. The molecule has 3 N–H and O–H groups in total. The van der Waals surface area contributed by atoms with Crippen molar-refractivity contribution < 1.29 is 4.74 Å². The predicted molar refractivity (Wildman–Crippen MR) is 66.1 cm³/mol. The van der Waals surface area contributed by atoms with Gasteiger partial charge in [-0.2, -0.15) is 4.98 Å². The molecule has 0 unspecified atom stereocenters. The van der Waals surface area contributed by atoms with Crippen LogP contribution in [0.4, 0.5) is 5.82 Å². The number of nitrogens with one attached hydrogen (secondary N) is 1. The molecule has 0 saturated heterocycles. The van der Waals surface area contributed by atoms with Crippen molar-refractivity contribution in [1.82, 2.24) is 9.97 Å². The highest BCUT2D eigenvalue weighted by molar-refractivity contribution is 6.30. The maximum Gasteiger partial charge on any atom is 0.239 e. The van der Waals surface area contributed by atoms with Crippen LogP contribution >= 0.6 is 11.6 Å². The van der Waals surface area contributed by atoms with Gasteiger partial charge in [0, 0.05) is 5.02 Å². The monoisotopic (exact) mass is 250 g/mol. The zero-order valence-corrected chi connectivity index (χ0v) is 9.90. The Morgan fingerprint density at radius 1 is 1.35 bits per heavy atom. The van der Waals surface area contributed by atoms with E-state index >= 15 is 0 Å². The van der Waals surface area contributed by atoms with Gasteiger partial charge >= 0.3 is 0 Å². The Labute approximate surface area is 104 Å². The first-order valence-electron chi connectivity index (χ1n) is 4.91. The number of anilines is 1. The van der Waals surface area contributed by atoms with Gasteiger partial charge in [0.05, 0.1) is 12.4 Å². The summed E-state index contributed by atoms with van der Waals surface area (Å²) in [6.07, 6.45) is 3.00. The Kier molecular flexibility index (Phi) is 3.41. The molecule has 88 valence electrons. The molecular formula is C11H11ClN4O. The molecule has 0 aliphatic heterocycles. The summed E-state index contributed by atoms with van der Waals surface area (Å²) in [5.74, 6) is 6.66. The summed E-state index contributed by atoms with van der Waals surface area (Å²) >= 11 is 5.89. The van der Waals surface area contributed by atoms with E-state index in [-0.39, 0.29) is 0 Å². The van der Waals surface area contributed by atoms with E-state index in [2.05, 4.69) is 15.4 Å². The molecular weight excluding hydrogens is 240 g/mol. The van der Waals surface area contributed by atoms with E-state index in [1.54, 1.807) is 12.1 Å². The van der Waals surface area contributed by atoms with Crippen LogP contribution < -0.4 is 16.0 Å². The normalized spacial score (nSPS) is 10.1. The Balaban J connectivity index is 2.27. The molecule has 1 aromatic heterocycles. The molecule has 0 bridgehead atoms. The number of nitrogens with two attached hydrogens (primary N) is 1. The summed E-state index contributed by atoms with van der Waals surface area (Å²) in [7, 11) is 0. The number of nitrogen functional groups attached to an aromatic ring is 1. The molecule has 0 atom stereocenters. The quantitative estimate of drug-likeness (QED) is 0.647. The Morgan fingerprint density at radius 3 is 2.94 bits per heavy atom. The van der Waals surface area contributed by atoms with Gasteiger partial charge in [-0.25, -0.2) is 5.84 Å². The second-order valence-corrected chi connectivity index (χ2v) is 3.84. The smallest absolute Gasteiger partial charge is 0.239 e. The van der Waals surface area contributed by atoms with Crippen molar-refractivity contribution in [2.45, 2.75) is 6.92 Å². The number of ether oxygens (including phenoxy) is 1. The predicted octanol–water partition coefficient (Wildman–Crippen LogP) is 2.52. The van der Waals surface area contributed by atoms with Crippen LogP contribution in [-0.4, -0.2) is 9.97 Å². The summed E-state index contributed by atoms with van der Waals surface area (Å²) in [5, 5.41) is 0.603. The van der Waals surface area contributed by atoms with Gasteiger partial charge < -0.3 is 10.2 Å². The molecule has 1 heterocycles. The third-order valence-corrected chi connectivity index (χ3v) is 2.36. The van der Waals surface area contributed by atoms with Gasteiger partial charge in [0.1, 0.15) is 5.75 Å². The van der Waals surface area contributed by atoms with Gasteiger partial charge in [0.25, 0.3) is 0 Å². The third-order valence-electron chi connectivity index (χ3n) is 2.13. The average Bonchev–Trinajstić information content (AvgIpc) is 2.34. The first kappa shape index (κ1) is 11.6. The van der Waals surface area contributed by atoms with Crippen molar-refractivity contribution in [2.24, 2.45) is 5.84 Å².